The van der Waals surface area contributed by atoms with E-state index in [-0.39, 0.29) is 22.9 Å². The monoisotopic (exact) mass is 405 g/mol. The van der Waals surface area contributed by atoms with Gasteiger partial charge in [-0.3, -0.25) is 4.79 Å². The number of benzene rings is 3. The molecule has 1 aliphatic rings. The van der Waals surface area contributed by atoms with Gasteiger partial charge in [0.1, 0.15) is 5.82 Å². The summed E-state index contributed by atoms with van der Waals surface area (Å²) < 4.78 is 14.2. The fourth-order valence-electron chi connectivity index (χ4n) is 3.93. The third-order valence-electron chi connectivity index (χ3n) is 5.42. The van der Waals surface area contributed by atoms with Crippen molar-refractivity contribution in [3.63, 3.8) is 0 Å². The molecule has 148 valence electrons. The molecule has 4 heteroatoms. The number of hydrogen-bond acceptors (Lipinski definition) is 2. The van der Waals surface area contributed by atoms with Gasteiger partial charge in [-0.05, 0) is 23.6 Å². The van der Waals surface area contributed by atoms with Crippen LogP contribution < -0.4 is 0 Å². The molecule has 0 bridgehead atoms. The van der Waals surface area contributed by atoms with Crippen molar-refractivity contribution in [2.24, 2.45) is 0 Å². The van der Waals surface area contributed by atoms with E-state index in [0.717, 1.165) is 28.9 Å². The van der Waals surface area contributed by atoms with Gasteiger partial charge in [-0.15, -0.1) is 0 Å². The first-order chi connectivity index (χ1) is 14.2. The van der Waals surface area contributed by atoms with E-state index in [2.05, 4.69) is 0 Å². The Morgan fingerprint density at radius 3 is 2.07 bits per heavy atom. The van der Waals surface area contributed by atoms with E-state index >= 15 is 0 Å². The first-order valence-electron chi connectivity index (χ1n) is 9.99. The molecule has 0 aromatic heterocycles. The Labute approximate surface area is 175 Å². The predicted molar refractivity (Wildman–Crippen MR) is 118 cm³/mol. The summed E-state index contributed by atoms with van der Waals surface area (Å²) in [5.41, 5.74) is 2.76. The lowest BCUT2D eigenvalue weighted by molar-refractivity contribution is -0.131. The van der Waals surface area contributed by atoms with Gasteiger partial charge in [-0.1, -0.05) is 78.9 Å². The molecule has 3 aromatic carbocycles. The molecule has 1 atom stereocenters. The molecule has 0 saturated carbocycles. The topological polar surface area (TPSA) is 20.3 Å². The molecular weight excluding hydrogens is 381 g/mol. The standard InChI is InChI=1S/C25H24FNOS/c26-22-14-8-7-13-21(22)23-15-16-27(17-18-29-23)25(28)24(19-9-3-1-4-10-19)20-11-5-2-6-12-20/h1-14,23-24H,15-18H2. The van der Waals surface area contributed by atoms with Gasteiger partial charge in [-0.25, -0.2) is 4.39 Å². The highest BCUT2D eigenvalue weighted by atomic mass is 32.2. The van der Waals surface area contributed by atoms with Crippen molar-refractivity contribution >= 4 is 17.7 Å². The first kappa shape index (κ1) is 19.7. The lowest BCUT2D eigenvalue weighted by Gasteiger charge is -2.27. The van der Waals surface area contributed by atoms with Gasteiger partial charge in [0, 0.05) is 29.7 Å². The summed E-state index contributed by atoms with van der Waals surface area (Å²) in [6.45, 7) is 1.33. The van der Waals surface area contributed by atoms with Crippen LogP contribution in [0.1, 0.15) is 34.3 Å². The minimum absolute atomic E-state index is 0.0842. The third kappa shape index (κ3) is 4.54. The molecule has 0 radical (unpaired) electrons. The van der Waals surface area contributed by atoms with Crippen molar-refractivity contribution in [1.29, 1.82) is 0 Å². The quantitative estimate of drug-likeness (QED) is 0.558. The Morgan fingerprint density at radius 1 is 0.862 bits per heavy atom. The highest BCUT2D eigenvalue weighted by molar-refractivity contribution is 7.99. The van der Waals surface area contributed by atoms with E-state index in [0.29, 0.717) is 13.1 Å². The van der Waals surface area contributed by atoms with Gasteiger partial charge in [0.25, 0.3) is 0 Å². The van der Waals surface area contributed by atoms with E-state index in [1.165, 1.54) is 6.07 Å². The number of rotatable bonds is 4. The summed E-state index contributed by atoms with van der Waals surface area (Å²) >= 11 is 1.74. The second-order valence-corrected chi connectivity index (χ2v) is 8.56. The Balaban J connectivity index is 1.56. The molecule has 2 nitrogen and oxygen atoms in total. The van der Waals surface area contributed by atoms with Gasteiger partial charge in [-0.2, -0.15) is 11.8 Å². The van der Waals surface area contributed by atoms with Crippen LogP contribution >= 0.6 is 11.8 Å². The molecule has 1 fully saturated rings. The molecule has 4 rings (SSSR count). The number of halogens is 1. The van der Waals surface area contributed by atoms with Gasteiger partial charge in [0.2, 0.25) is 5.91 Å². The number of thioether (sulfide) groups is 1. The van der Waals surface area contributed by atoms with Crippen LogP contribution in [0.15, 0.2) is 84.9 Å². The summed E-state index contributed by atoms with van der Waals surface area (Å²) in [6.07, 6.45) is 0.758. The average molecular weight is 406 g/mol. The van der Waals surface area contributed by atoms with Gasteiger partial charge in [0.05, 0.1) is 5.92 Å². The minimum Gasteiger partial charge on any atom is -0.341 e. The normalized spacial score (nSPS) is 17.2. The molecule has 1 aliphatic heterocycles. The summed E-state index contributed by atoms with van der Waals surface area (Å²) in [5.74, 6) is 0.460. The molecule has 0 N–H and O–H groups in total. The summed E-state index contributed by atoms with van der Waals surface area (Å²) in [7, 11) is 0. The molecule has 1 amide bonds. The van der Waals surface area contributed by atoms with E-state index in [9.17, 15) is 9.18 Å². The van der Waals surface area contributed by atoms with Crippen LogP contribution in [0.25, 0.3) is 0 Å². The highest BCUT2D eigenvalue weighted by Gasteiger charge is 2.30. The first-order valence-corrected chi connectivity index (χ1v) is 11.0. The zero-order valence-corrected chi connectivity index (χ0v) is 17.0. The van der Waals surface area contributed by atoms with E-state index in [1.807, 2.05) is 77.7 Å². The molecule has 0 spiro atoms. The zero-order chi connectivity index (χ0) is 20.1. The number of hydrogen-bond donors (Lipinski definition) is 0. The Hall–Kier alpha value is -2.59. The fraction of sp³-hybridized carbons (Fsp3) is 0.240. The number of carbonyl (C=O) groups excluding carboxylic acids is 1. The van der Waals surface area contributed by atoms with Crippen LogP contribution in [0.5, 0.6) is 0 Å². The Bertz CT molecular complexity index is 908. The zero-order valence-electron chi connectivity index (χ0n) is 16.2. The largest absolute Gasteiger partial charge is 0.341 e. The van der Waals surface area contributed by atoms with Crippen molar-refractivity contribution in [2.75, 3.05) is 18.8 Å². The second kappa shape index (κ2) is 9.27. The SMILES string of the molecule is O=C(C(c1ccccc1)c1ccccc1)N1CCSC(c2ccccc2F)CC1. The van der Waals surface area contributed by atoms with E-state index in [4.69, 9.17) is 0 Å². The van der Waals surface area contributed by atoms with Crippen LogP contribution in [0.3, 0.4) is 0 Å². The van der Waals surface area contributed by atoms with Crippen molar-refractivity contribution in [2.45, 2.75) is 17.6 Å². The van der Waals surface area contributed by atoms with Crippen LogP contribution in [0.4, 0.5) is 4.39 Å². The minimum atomic E-state index is -0.313. The Kier molecular flexibility index (Phi) is 6.30. The van der Waals surface area contributed by atoms with Crippen LogP contribution in [-0.2, 0) is 4.79 Å². The van der Waals surface area contributed by atoms with Gasteiger partial charge in [0.15, 0.2) is 0 Å². The second-order valence-electron chi connectivity index (χ2n) is 7.25. The van der Waals surface area contributed by atoms with E-state index < -0.39 is 0 Å². The van der Waals surface area contributed by atoms with Gasteiger partial charge >= 0.3 is 0 Å². The molecule has 1 unspecified atom stereocenters. The maximum absolute atomic E-state index is 14.2. The molecular formula is C25H24FNOS. The molecule has 29 heavy (non-hydrogen) atoms. The van der Waals surface area contributed by atoms with Crippen LogP contribution in [0.2, 0.25) is 0 Å². The van der Waals surface area contributed by atoms with Gasteiger partial charge < -0.3 is 4.90 Å². The smallest absolute Gasteiger partial charge is 0.234 e. The molecule has 0 aliphatic carbocycles. The number of carbonyl (C=O) groups is 1. The molecule has 1 saturated heterocycles. The van der Waals surface area contributed by atoms with Crippen LogP contribution in [-0.4, -0.2) is 29.6 Å². The lowest BCUT2D eigenvalue weighted by atomic mass is 9.90. The van der Waals surface area contributed by atoms with Crippen molar-refractivity contribution in [3.8, 4) is 0 Å². The van der Waals surface area contributed by atoms with Crippen molar-refractivity contribution < 1.29 is 9.18 Å². The summed E-state index contributed by atoms with van der Waals surface area (Å²) in [5, 5.41) is 0.0842. The van der Waals surface area contributed by atoms with Crippen molar-refractivity contribution in [3.05, 3.63) is 107 Å². The summed E-state index contributed by atoms with van der Waals surface area (Å²) in [6, 6.07) is 26.9. The predicted octanol–water partition coefficient (Wildman–Crippen LogP) is 5.66. The lowest BCUT2D eigenvalue weighted by Crippen LogP contribution is -2.37. The number of amides is 1. The molecule has 1 heterocycles. The van der Waals surface area contributed by atoms with Crippen molar-refractivity contribution in [1.82, 2.24) is 4.90 Å². The fourth-order valence-corrected chi connectivity index (χ4v) is 5.18. The average Bonchev–Trinajstić information content (AvgIpc) is 3.02. The highest BCUT2D eigenvalue weighted by Crippen LogP contribution is 2.36. The summed E-state index contributed by atoms with van der Waals surface area (Å²) in [4.78, 5) is 15.6. The third-order valence-corrected chi connectivity index (χ3v) is 6.73. The maximum Gasteiger partial charge on any atom is 0.234 e. The number of nitrogens with zero attached hydrogens (tertiary/aromatic N) is 1. The maximum atomic E-state index is 14.2. The van der Waals surface area contributed by atoms with E-state index in [1.54, 1.807) is 17.8 Å². The van der Waals surface area contributed by atoms with Crippen LogP contribution in [0, 0.1) is 5.82 Å². The molecule has 3 aromatic rings. The Morgan fingerprint density at radius 2 is 1.45 bits per heavy atom.